The first kappa shape index (κ1) is 23.2. The molecule has 1 N–H and O–H groups in total. The third-order valence-electron chi connectivity index (χ3n) is 7.43. The van der Waals surface area contributed by atoms with Crippen molar-refractivity contribution in [2.45, 2.75) is 42.7 Å². The number of para-hydroxylation sites is 1. The molecule has 180 valence electrons. The van der Waals surface area contributed by atoms with E-state index >= 15 is 0 Å². The molecule has 4 heterocycles. The fourth-order valence-corrected chi connectivity index (χ4v) is 8.04. The Labute approximate surface area is 203 Å². The monoisotopic (exact) mass is 482 g/mol. The van der Waals surface area contributed by atoms with Gasteiger partial charge in [0.2, 0.25) is 5.91 Å². The third kappa shape index (κ3) is 3.41. The number of amides is 2. The van der Waals surface area contributed by atoms with Gasteiger partial charge in [0.1, 0.15) is 12.6 Å². The molecule has 1 aromatic carbocycles. The SMILES string of the molecule is Cc1cccc(C)c1N1CC=C[C@]23S[C@@H]4C=CCOC(=O)[C@@H]4[C@H]2C(=O)N(CCCCO)C3C1=O. The third-order valence-corrected chi connectivity index (χ3v) is 9.17. The Kier molecular flexibility index (Phi) is 6.06. The summed E-state index contributed by atoms with van der Waals surface area (Å²) in [6.45, 7) is 4.99. The highest BCUT2D eigenvalue weighted by atomic mass is 32.2. The van der Waals surface area contributed by atoms with Crippen molar-refractivity contribution in [3.8, 4) is 0 Å². The Morgan fingerprint density at radius 1 is 1.12 bits per heavy atom. The van der Waals surface area contributed by atoms with Gasteiger partial charge in [-0.25, -0.2) is 0 Å². The van der Waals surface area contributed by atoms with Gasteiger partial charge in [0.15, 0.2) is 0 Å². The van der Waals surface area contributed by atoms with E-state index < -0.39 is 22.6 Å². The van der Waals surface area contributed by atoms with E-state index in [1.54, 1.807) is 21.6 Å². The number of anilines is 1. The average molecular weight is 483 g/mol. The van der Waals surface area contributed by atoms with Gasteiger partial charge in [-0.05, 0) is 37.8 Å². The molecule has 0 aromatic heterocycles. The molecule has 4 aliphatic rings. The van der Waals surface area contributed by atoms with E-state index in [9.17, 15) is 19.5 Å². The summed E-state index contributed by atoms with van der Waals surface area (Å²) in [7, 11) is 0. The number of nitrogens with zero attached hydrogens (tertiary/aromatic N) is 2. The smallest absolute Gasteiger partial charge is 0.311 e. The minimum absolute atomic E-state index is 0.0280. The molecule has 0 radical (unpaired) electrons. The number of hydrogen-bond donors (Lipinski definition) is 1. The first-order valence-corrected chi connectivity index (χ1v) is 12.8. The number of aryl methyl sites for hydroxylation is 2. The van der Waals surface area contributed by atoms with Gasteiger partial charge >= 0.3 is 5.97 Å². The molecule has 0 saturated carbocycles. The molecule has 1 spiro atoms. The molecule has 0 aliphatic carbocycles. The maximum absolute atomic E-state index is 14.3. The van der Waals surface area contributed by atoms with E-state index in [0.717, 1.165) is 16.8 Å². The highest BCUT2D eigenvalue weighted by Gasteiger charge is 2.71. The molecule has 5 atom stereocenters. The van der Waals surface area contributed by atoms with Crippen LogP contribution in [0.3, 0.4) is 0 Å². The van der Waals surface area contributed by atoms with E-state index in [1.165, 1.54) is 0 Å². The van der Waals surface area contributed by atoms with E-state index in [1.807, 2.05) is 56.4 Å². The molecular formula is C26H30N2O5S. The number of carbonyl (C=O) groups is 3. The summed E-state index contributed by atoms with van der Waals surface area (Å²) in [5, 5.41) is 9.09. The van der Waals surface area contributed by atoms with Crippen molar-refractivity contribution in [1.29, 1.82) is 0 Å². The lowest BCUT2D eigenvalue weighted by Crippen LogP contribution is -2.53. The Morgan fingerprint density at radius 3 is 2.62 bits per heavy atom. The van der Waals surface area contributed by atoms with Gasteiger partial charge in [0.05, 0.1) is 16.6 Å². The fraction of sp³-hybridized carbons (Fsp3) is 0.500. The lowest BCUT2D eigenvalue weighted by molar-refractivity contribution is -0.151. The average Bonchev–Trinajstić information content (AvgIpc) is 3.10. The van der Waals surface area contributed by atoms with E-state index in [2.05, 4.69) is 0 Å². The van der Waals surface area contributed by atoms with Crippen LogP contribution in [-0.2, 0) is 19.1 Å². The topological polar surface area (TPSA) is 87.2 Å². The highest BCUT2D eigenvalue weighted by molar-refractivity contribution is 8.02. The molecule has 2 saturated heterocycles. The van der Waals surface area contributed by atoms with Crippen LogP contribution in [0.2, 0.25) is 0 Å². The van der Waals surface area contributed by atoms with Crippen LogP contribution in [0.15, 0.2) is 42.5 Å². The minimum Gasteiger partial charge on any atom is -0.461 e. The van der Waals surface area contributed by atoms with Gasteiger partial charge in [-0.3, -0.25) is 14.4 Å². The quantitative estimate of drug-likeness (QED) is 0.394. The van der Waals surface area contributed by atoms with E-state index in [-0.39, 0.29) is 36.2 Å². The summed E-state index contributed by atoms with van der Waals surface area (Å²) in [6, 6.07) is 5.23. The summed E-state index contributed by atoms with van der Waals surface area (Å²) in [4.78, 5) is 44.6. The van der Waals surface area contributed by atoms with Gasteiger partial charge in [0.25, 0.3) is 5.91 Å². The van der Waals surface area contributed by atoms with Crippen molar-refractivity contribution < 1.29 is 24.2 Å². The highest BCUT2D eigenvalue weighted by Crippen LogP contribution is 2.61. The number of aliphatic hydroxyl groups is 1. The predicted octanol–water partition coefficient (Wildman–Crippen LogP) is 2.39. The lowest BCUT2D eigenvalue weighted by atomic mass is 9.78. The zero-order valence-electron chi connectivity index (χ0n) is 19.5. The maximum Gasteiger partial charge on any atom is 0.311 e. The van der Waals surface area contributed by atoms with Crippen LogP contribution in [0, 0.1) is 25.7 Å². The van der Waals surface area contributed by atoms with Crippen LogP contribution in [0.5, 0.6) is 0 Å². The molecule has 4 aliphatic heterocycles. The van der Waals surface area contributed by atoms with Crippen LogP contribution in [0.1, 0.15) is 24.0 Å². The molecule has 2 amide bonds. The van der Waals surface area contributed by atoms with Crippen LogP contribution < -0.4 is 4.90 Å². The number of carbonyl (C=O) groups excluding carboxylic acids is 3. The predicted molar refractivity (Wildman–Crippen MR) is 130 cm³/mol. The van der Waals surface area contributed by atoms with E-state index in [0.29, 0.717) is 25.9 Å². The molecule has 0 bridgehead atoms. The lowest BCUT2D eigenvalue weighted by Gasteiger charge is -2.36. The molecule has 1 unspecified atom stereocenters. The fourth-order valence-electron chi connectivity index (χ4n) is 6.03. The van der Waals surface area contributed by atoms with Crippen molar-refractivity contribution in [3.05, 3.63) is 53.6 Å². The molecule has 34 heavy (non-hydrogen) atoms. The van der Waals surface area contributed by atoms with Crippen LogP contribution >= 0.6 is 11.8 Å². The number of unbranched alkanes of at least 4 members (excludes halogenated alkanes) is 1. The van der Waals surface area contributed by atoms with Gasteiger partial charge in [-0.1, -0.05) is 42.5 Å². The molecule has 2 fully saturated rings. The van der Waals surface area contributed by atoms with Gasteiger partial charge in [-0.15, -0.1) is 11.8 Å². The summed E-state index contributed by atoms with van der Waals surface area (Å²) in [5.41, 5.74) is 2.87. The standard InChI is InChI=1S/C26H30N2O5S/c1-16-8-5-9-17(2)21(16)27-13-7-11-26-20(19-18(34-26)10-6-15-33-25(19)32)23(30)28(12-3-4-14-29)22(26)24(27)31/h5-11,18-20,22,29H,3-4,12-15H2,1-2H3/t18-,19+,20+,22?,26+/m1/s1. The number of rotatable bonds is 5. The second-order valence-electron chi connectivity index (χ2n) is 9.45. The number of hydrogen-bond acceptors (Lipinski definition) is 6. The maximum atomic E-state index is 14.3. The Bertz CT molecular complexity index is 1060. The van der Waals surface area contributed by atoms with Crippen molar-refractivity contribution in [2.24, 2.45) is 11.8 Å². The zero-order chi connectivity index (χ0) is 24.0. The van der Waals surface area contributed by atoms with Gasteiger partial charge < -0.3 is 19.6 Å². The second kappa shape index (κ2) is 8.89. The number of thioether (sulfide) groups is 1. The normalized spacial score (nSPS) is 32.3. The number of fused-ring (bicyclic) bond motifs is 2. The number of ether oxygens (including phenoxy) is 1. The van der Waals surface area contributed by atoms with Crippen LogP contribution in [0.25, 0.3) is 0 Å². The Hall–Kier alpha value is -2.58. The summed E-state index contributed by atoms with van der Waals surface area (Å²) in [6.07, 6.45) is 8.91. The van der Waals surface area contributed by atoms with Gasteiger partial charge in [-0.2, -0.15) is 0 Å². The summed E-state index contributed by atoms with van der Waals surface area (Å²) >= 11 is 1.55. The Balaban J connectivity index is 1.62. The van der Waals surface area contributed by atoms with Crippen molar-refractivity contribution in [3.63, 3.8) is 0 Å². The van der Waals surface area contributed by atoms with Crippen molar-refractivity contribution >= 4 is 35.2 Å². The first-order chi connectivity index (χ1) is 16.4. The van der Waals surface area contributed by atoms with E-state index in [4.69, 9.17) is 4.74 Å². The largest absolute Gasteiger partial charge is 0.461 e. The number of aliphatic hydroxyl groups excluding tert-OH is 1. The molecule has 8 heteroatoms. The van der Waals surface area contributed by atoms with Crippen molar-refractivity contribution in [1.82, 2.24) is 4.90 Å². The molecule has 5 rings (SSSR count). The zero-order valence-corrected chi connectivity index (χ0v) is 20.3. The summed E-state index contributed by atoms with van der Waals surface area (Å²) < 4.78 is 4.56. The molecular weight excluding hydrogens is 452 g/mol. The van der Waals surface area contributed by atoms with Crippen molar-refractivity contribution in [2.75, 3.05) is 31.2 Å². The number of esters is 1. The van der Waals surface area contributed by atoms with Crippen LogP contribution in [-0.4, -0.2) is 70.1 Å². The number of likely N-dealkylation sites (tertiary alicyclic amines) is 1. The van der Waals surface area contributed by atoms with Crippen LogP contribution in [0.4, 0.5) is 5.69 Å². The summed E-state index contributed by atoms with van der Waals surface area (Å²) in [5.74, 6) is -1.94. The second-order valence-corrected chi connectivity index (χ2v) is 10.9. The molecule has 7 nitrogen and oxygen atoms in total. The molecule has 1 aromatic rings. The van der Waals surface area contributed by atoms with Gasteiger partial charge in [0, 0.05) is 30.6 Å². The number of benzene rings is 1. The Morgan fingerprint density at radius 2 is 1.88 bits per heavy atom. The number of cyclic esters (lactones) is 1. The first-order valence-electron chi connectivity index (χ1n) is 11.9. The minimum atomic E-state index is -0.839.